The molecule has 0 unspecified atom stereocenters. The normalized spacial score (nSPS) is 36.1. The van der Waals surface area contributed by atoms with Crippen LogP contribution in [0, 0.1) is 16.7 Å². The van der Waals surface area contributed by atoms with E-state index in [1.807, 2.05) is 11.0 Å². The van der Waals surface area contributed by atoms with Gasteiger partial charge in [0.05, 0.1) is 6.61 Å². The molecule has 0 aromatic carbocycles. The van der Waals surface area contributed by atoms with Crippen LogP contribution < -0.4 is 0 Å². The van der Waals surface area contributed by atoms with Crippen LogP contribution in [0.15, 0.2) is 0 Å². The van der Waals surface area contributed by atoms with Gasteiger partial charge in [0.15, 0.2) is 0 Å². The Morgan fingerprint density at radius 3 is 2.47 bits per heavy atom. The van der Waals surface area contributed by atoms with Crippen molar-refractivity contribution in [3.05, 3.63) is 0 Å². The molecule has 3 rings (SSSR count). The number of rotatable bonds is 1. The maximum absolute atomic E-state index is 12.1. The second-order valence-electron chi connectivity index (χ2n) is 5.01. The van der Waals surface area contributed by atoms with Gasteiger partial charge in [0.2, 0.25) is 5.60 Å². The van der Waals surface area contributed by atoms with E-state index in [4.69, 9.17) is 10.00 Å². The number of carbonyl (C=O) groups is 1. The molecule has 3 aliphatic rings. The number of hydrogen-bond donors (Lipinski definition) is 0. The number of hydrogen-bond acceptors (Lipinski definition) is 3. The van der Waals surface area contributed by atoms with Crippen LogP contribution in [0.2, 0.25) is 0 Å². The fraction of sp³-hybridized carbons (Fsp3) is 0.818. The van der Waals surface area contributed by atoms with Gasteiger partial charge in [-0.25, -0.2) is 0 Å². The van der Waals surface area contributed by atoms with Crippen molar-refractivity contribution in [2.45, 2.75) is 31.3 Å². The third-order valence-electron chi connectivity index (χ3n) is 4.01. The van der Waals surface area contributed by atoms with Gasteiger partial charge in [0, 0.05) is 19.5 Å². The van der Waals surface area contributed by atoms with Crippen LogP contribution in [0.3, 0.4) is 0 Å². The van der Waals surface area contributed by atoms with Crippen LogP contribution in [-0.2, 0) is 9.53 Å². The highest BCUT2D eigenvalue weighted by Crippen LogP contribution is 2.53. The molecule has 1 spiro atoms. The van der Waals surface area contributed by atoms with E-state index < -0.39 is 5.60 Å². The predicted molar refractivity (Wildman–Crippen MR) is 51.8 cm³/mol. The zero-order chi connectivity index (χ0) is 10.5. The summed E-state index contributed by atoms with van der Waals surface area (Å²) >= 11 is 0. The van der Waals surface area contributed by atoms with Crippen LogP contribution >= 0.6 is 0 Å². The number of amides is 1. The van der Waals surface area contributed by atoms with Crippen LogP contribution in [0.25, 0.3) is 0 Å². The third-order valence-corrected chi connectivity index (χ3v) is 4.01. The van der Waals surface area contributed by atoms with Gasteiger partial charge in [-0.15, -0.1) is 0 Å². The molecule has 3 fully saturated rings. The monoisotopic (exact) mass is 206 g/mol. The minimum absolute atomic E-state index is 0.0972. The van der Waals surface area contributed by atoms with Crippen molar-refractivity contribution < 1.29 is 9.53 Å². The molecule has 0 N–H and O–H groups in total. The van der Waals surface area contributed by atoms with Crippen molar-refractivity contribution in [1.29, 1.82) is 5.26 Å². The number of ether oxygens (including phenoxy) is 1. The highest BCUT2D eigenvalue weighted by molar-refractivity contribution is 5.89. The molecule has 2 aliphatic heterocycles. The van der Waals surface area contributed by atoms with Crippen LogP contribution in [0.5, 0.6) is 0 Å². The highest BCUT2D eigenvalue weighted by Gasteiger charge is 2.54. The molecule has 80 valence electrons. The Morgan fingerprint density at radius 2 is 2.07 bits per heavy atom. The lowest BCUT2D eigenvalue weighted by molar-refractivity contribution is -0.170. The van der Waals surface area contributed by atoms with Gasteiger partial charge in [-0.05, 0) is 24.7 Å². The average molecular weight is 206 g/mol. The van der Waals surface area contributed by atoms with Crippen molar-refractivity contribution in [1.82, 2.24) is 4.90 Å². The minimum Gasteiger partial charge on any atom is -0.352 e. The predicted octanol–water partition coefficient (Wildman–Crippen LogP) is 0.682. The lowest BCUT2D eigenvalue weighted by Gasteiger charge is -2.36. The molecule has 1 saturated carbocycles. The number of nitriles is 1. The lowest BCUT2D eigenvalue weighted by Crippen LogP contribution is -2.55. The Morgan fingerprint density at radius 1 is 1.33 bits per heavy atom. The number of nitrogens with zero attached hydrogens (tertiary/aromatic N) is 2. The van der Waals surface area contributed by atoms with Crippen molar-refractivity contribution in [2.75, 3.05) is 19.7 Å². The first kappa shape index (κ1) is 9.17. The van der Waals surface area contributed by atoms with Gasteiger partial charge in [-0.1, -0.05) is 0 Å². The second-order valence-corrected chi connectivity index (χ2v) is 5.01. The highest BCUT2D eigenvalue weighted by atomic mass is 16.5. The van der Waals surface area contributed by atoms with E-state index in [2.05, 4.69) is 0 Å². The molecular formula is C11H14N2O2. The van der Waals surface area contributed by atoms with Gasteiger partial charge in [-0.2, -0.15) is 5.26 Å². The molecule has 0 radical (unpaired) electrons. The quantitative estimate of drug-likeness (QED) is 0.634. The van der Waals surface area contributed by atoms with E-state index in [0.29, 0.717) is 18.4 Å². The van der Waals surface area contributed by atoms with E-state index >= 15 is 0 Å². The Kier molecular flexibility index (Phi) is 1.67. The first-order valence-electron chi connectivity index (χ1n) is 5.54. The van der Waals surface area contributed by atoms with E-state index in [-0.39, 0.29) is 5.91 Å². The summed E-state index contributed by atoms with van der Waals surface area (Å²) < 4.78 is 5.18. The molecule has 2 heterocycles. The lowest BCUT2D eigenvalue weighted by atomic mass is 9.95. The molecule has 0 aromatic heterocycles. The molecule has 15 heavy (non-hydrogen) atoms. The largest absolute Gasteiger partial charge is 0.352 e. The summed E-state index contributed by atoms with van der Waals surface area (Å²) in [5.74, 6) is -0.0972. The van der Waals surface area contributed by atoms with Gasteiger partial charge in [0.25, 0.3) is 5.91 Å². The Hall–Kier alpha value is -1.08. The van der Waals surface area contributed by atoms with E-state index in [9.17, 15) is 4.79 Å². The van der Waals surface area contributed by atoms with Gasteiger partial charge < -0.3 is 9.64 Å². The molecule has 4 heteroatoms. The van der Waals surface area contributed by atoms with Gasteiger partial charge in [-0.3, -0.25) is 4.79 Å². The SMILES string of the molecule is N#C[C@]1(C(=O)N2CCC3(CC3)C2)CCO1. The Labute approximate surface area is 88.8 Å². The fourth-order valence-corrected chi connectivity index (χ4v) is 2.56. The van der Waals surface area contributed by atoms with Crippen LogP contribution in [0.1, 0.15) is 25.7 Å². The first-order chi connectivity index (χ1) is 7.20. The van der Waals surface area contributed by atoms with Crippen molar-refractivity contribution in [3.8, 4) is 6.07 Å². The maximum Gasteiger partial charge on any atom is 0.269 e. The van der Waals surface area contributed by atoms with E-state index in [1.54, 1.807) is 0 Å². The molecule has 1 atom stereocenters. The molecule has 2 saturated heterocycles. The molecule has 4 nitrogen and oxygen atoms in total. The molecule has 0 aromatic rings. The van der Waals surface area contributed by atoms with Crippen LogP contribution in [-0.4, -0.2) is 36.1 Å². The summed E-state index contributed by atoms with van der Waals surface area (Å²) in [6.45, 7) is 2.20. The van der Waals surface area contributed by atoms with Gasteiger partial charge in [0.1, 0.15) is 6.07 Å². The zero-order valence-corrected chi connectivity index (χ0v) is 8.66. The first-order valence-corrected chi connectivity index (χ1v) is 5.54. The summed E-state index contributed by atoms with van der Waals surface area (Å²) in [6.07, 6.45) is 4.17. The fourth-order valence-electron chi connectivity index (χ4n) is 2.56. The van der Waals surface area contributed by atoms with Crippen molar-refractivity contribution >= 4 is 5.91 Å². The summed E-state index contributed by atoms with van der Waals surface area (Å²) in [7, 11) is 0. The summed E-state index contributed by atoms with van der Waals surface area (Å²) in [4.78, 5) is 13.9. The number of carbonyl (C=O) groups excluding carboxylic acids is 1. The smallest absolute Gasteiger partial charge is 0.269 e. The van der Waals surface area contributed by atoms with Crippen molar-refractivity contribution in [2.24, 2.45) is 5.41 Å². The van der Waals surface area contributed by atoms with Crippen molar-refractivity contribution in [3.63, 3.8) is 0 Å². The van der Waals surface area contributed by atoms with E-state index in [0.717, 1.165) is 19.5 Å². The maximum atomic E-state index is 12.1. The van der Waals surface area contributed by atoms with Crippen LogP contribution in [0.4, 0.5) is 0 Å². The second kappa shape index (κ2) is 2.73. The third kappa shape index (κ3) is 1.19. The molecule has 1 amide bonds. The Bertz CT molecular complexity index is 350. The summed E-state index contributed by atoms with van der Waals surface area (Å²) in [6, 6.07) is 2.03. The summed E-state index contributed by atoms with van der Waals surface area (Å²) in [5, 5.41) is 8.99. The molecular weight excluding hydrogens is 192 g/mol. The topological polar surface area (TPSA) is 53.3 Å². The van der Waals surface area contributed by atoms with E-state index in [1.165, 1.54) is 12.8 Å². The van der Waals surface area contributed by atoms with Gasteiger partial charge >= 0.3 is 0 Å². The average Bonchev–Trinajstić information content (AvgIpc) is 2.75. The zero-order valence-electron chi connectivity index (χ0n) is 8.66. The molecule has 0 bridgehead atoms. The summed E-state index contributed by atoms with van der Waals surface area (Å²) in [5.41, 5.74) is -0.698. The molecule has 1 aliphatic carbocycles. The minimum atomic E-state index is -1.12. The Balaban J connectivity index is 1.73. The standard InChI is InChI=1S/C11H14N2O2/c12-7-11(4-6-15-11)9(14)13-5-3-10(8-13)1-2-10/h1-6,8H2/t11-/m0/s1. The number of likely N-dealkylation sites (tertiary alicyclic amines) is 1.